The summed E-state index contributed by atoms with van der Waals surface area (Å²) in [6.45, 7) is 6.17. The van der Waals surface area contributed by atoms with Crippen LogP contribution in [-0.2, 0) is 0 Å². The van der Waals surface area contributed by atoms with Crippen LogP contribution in [0, 0.1) is 19.8 Å². The highest BCUT2D eigenvalue weighted by atomic mass is 32.1. The van der Waals surface area contributed by atoms with Crippen LogP contribution >= 0.6 is 12.2 Å². The van der Waals surface area contributed by atoms with Crippen molar-refractivity contribution in [1.82, 2.24) is 20.7 Å². The Morgan fingerprint density at radius 2 is 1.85 bits per heavy atom. The smallest absolute Gasteiger partial charge is 0.242 e. The molecule has 1 aliphatic carbocycles. The first kappa shape index (κ1) is 15.0. The Balaban J connectivity index is 1.82. The lowest BCUT2D eigenvalue weighted by Gasteiger charge is -2.30. The zero-order chi connectivity index (χ0) is 14.5. The predicted octanol–water partition coefficient (Wildman–Crippen LogP) is 2.46. The molecule has 20 heavy (non-hydrogen) atoms. The summed E-state index contributed by atoms with van der Waals surface area (Å²) < 4.78 is 0. The summed E-state index contributed by atoms with van der Waals surface area (Å²) in [6.07, 6.45) is 5.06. The molecule has 5 nitrogen and oxygen atoms in total. The molecule has 0 aromatic carbocycles. The molecule has 2 rings (SSSR count). The fourth-order valence-electron chi connectivity index (χ4n) is 2.63. The lowest BCUT2D eigenvalue weighted by atomic mass is 9.86. The zero-order valence-corrected chi connectivity index (χ0v) is 13.2. The number of hydrazine groups is 1. The number of hydrogen-bond acceptors (Lipinski definition) is 4. The average molecular weight is 293 g/mol. The van der Waals surface area contributed by atoms with Gasteiger partial charge in [-0.15, -0.1) is 0 Å². The largest absolute Gasteiger partial charge is 0.358 e. The minimum atomic E-state index is 0.464. The number of aryl methyl sites for hydroxylation is 2. The summed E-state index contributed by atoms with van der Waals surface area (Å²) in [5, 5.41) is 3.97. The van der Waals surface area contributed by atoms with Crippen LogP contribution in [0.25, 0.3) is 0 Å². The van der Waals surface area contributed by atoms with Gasteiger partial charge in [-0.25, -0.2) is 9.97 Å². The normalized spacial score (nSPS) is 22.1. The number of aromatic nitrogens is 2. The first-order chi connectivity index (χ1) is 9.54. The fraction of sp³-hybridized carbons (Fsp3) is 0.643. The third-order valence-electron chi connectivity index (χ3n) is 3.70. The van der Waals surface area contributed by atoms with Crippen molar-refractivity contribution in [2.75, 3.05) is 5.43 Å². The van der Waals surface area contributed by atoms with Crippen molar-refractivity contribution < 1.29 is 0 Å². The van der Waals surface area contributed by atoms with E-state index in [4.69, 9.17) is 12.2 Å². The zero-order valence-electron chi connectivity index (χ0n) is 12.4. The van der Waals surface area contributed by atoms with Crippen molar-refractivity contribution in [3.8, 4) is 0 Å². The third-order valence-corrected chi connectivity index (χ3v) is 3.92. The Labute approximate surface area is 125 Å². The van der Waals surface area contributed by atoms with Crippen LogP contribution < -0.4 is 16.2 Å². The van der Waals surface area contributed by atoms with Gasteiger partial charge in [0.05, 0.1) is 0 Å². The van der Waals surface area contributed by atoms with E-state index in [9.17, 15) is 0 Å². The van der Waals surface area contributed by atoms with Gasteiger partial charge in [0.25, 0.3) is 0 Å². The highest BCUT2D eigenvalue weighted by Crippen LogP contribution is 2.23. The SMILES string of the molecule is Cc1cc(C)nc(NNC(=S)N[C@@H]2CCCC[C@@H]2C)n1. The number of nitrogens with one attached hydrogen (secondary N) is 3. The fourth-order valence-corrected chi connectivity index (χ4v) is 2.83. The van der Waals surface area contributed by atoms with E-state index in [0.29, 0.717) is 23.0 Å². The summed E-state index contributed by atoms with van der Waals surface area (Å²) in [6, 6.07) is 2.40. The molecule has 1 fully saturated rings. The maximum atomic E-state index is 5.31. The molecule has 1 aromatic heterocycles. The number of anilines is 1. The van der Waals surface area contributed by atoms with E-state index in [-0.39, 0.29) is 0 Å². The van der Waals surface area contributed by atoms with Gasteiger partial charge in [0, 0.05) is 17.4 Å². The van der Waals surface area contributed by atoms with Crippen molar-refractivity contribution in [2.24, 2.45) is 5.92 Å². The van der Waals surface area contributed by atoms with Crippen molar-refractivity contribution in [3.05, 3.63) is 17.5 Å². The van der Waals surface area contributed by atoms with Crippen molar-refractivity contribution >= 4 is 23.3 Å². The molecule has 0 bridgehead atoms. The molecule has 0 amide bonds. The van der Waals surface area contributed by atoms with Crippen LogP contribution in [0.15, 0.2) is 6.07 Å². The second-order valence-corrected chi connectivity index (χ2v) is 5.97. The first-order valence-electron chi connectivity index (χ1n) is 7.19. The summed E-state index contributed by atoms with van der Waals surface area (Å²) in [4.78, 5) is 8.59. The summed E-state index contributed by atoms with van der Waals surface area (Å²) in [5.74, 6) is 1.21. The molecule has 110 valence electrons. The minimum absolute atomic E-state index is 0.464. The molecule has 1 aromatic rings. The van der Waals surface area contributed by atoms with Gasteiger partial charge >= 0.3 is 0 Å². The molecule has 1 aliphatic rings. The van der Waals surface area contributed by atoms with Gasteiger partial charge < -0.3 is 5.32 Å². The number of rotatable bonds is 3. The molecule has 0 unspecified atom stereocenters. The maximum absolute atomic E-state index is 5.31. The second kappa shape index (κ2) is 6.83. The van der Waals surface area contributed by atoms with Crippen LogP contribution in [0.3, 0.4) is 0 Å². The van der Waals surface area contributed by atoms with Crippen molar-refractivity contribution in [1.29, 1.82) is 0 Å². The van der Waals surface area contributed by atoms with Crippen molar-refractivity contribution in [2.45, 2.75) is 52.5 Å². The average Bonchev–Trinajstić information content (AvgIpc) is 2.38. The highest BCUT2D eigenvalue weighted by Gasteiger charge is 2.21. The standard InChI is InChI=1S/C14H23N5S/c1-9-6-4-5-7-12(9)17-14(20)19-18-13-15-10(2)8-11(3)16-13/h8-9,12H,4-7H2,1-3H3,(H,15,16,18)(H2,17,19,20)/t9-,12+/m0/s1. The van der Waals surface area contributed by atoms with E-state index in [1.807, 2.05) is 19.9 Å². The Morgan fingerprint density at radius 1 is 1.20 bits per heavy atom. The van der Waals surface area contributed by atoms with E-state index < -0.39 is 0 Å². The Morgan fingerprint density at radius 3 is 2.50 bits per heavy atom. The third kappa shape index (κ3) is 4.30. The summed E-state index contributed by atoms with van der Waals surface area (Å²) >= 11 is 5.31. The van der Waals surface area contributed by atoms with Gasteiger partial charge in [-0.05, 0) is 50.9 Å². The monoisotopic (exact) mass is 293 g/mol. The number of hydrogen-bond donors (Lipinski definition) is 3. The lowest BCUT2D eigenvalue weighted by molar-refractivity contribution is 0.308. The molecule has 0 spiro atoms. The Kier molecular flexibility index (Phi) is 5.11. The van der Waals surface area contributed by atoms with Gasteiger partial charge in [-0.3, -0.25) is 10.9 Å². The molecule has 1 saturated carbocycles. The van der Waals surface area contributed by atoms with Crippen LogP contribution in [0.1, 0.15) is 44.0 Å². The predicted molar refractivity (Wildman–Crippen MR) is 85.4 cm³/mol. The molecule has 0 saturated heterocycles. The van der Waals surface area contributed by atoms with Gasteiger partial charge in [-0.2, -0.15) is 0 Å². The molecule has 1 heterocycles. The first-order valence-corrected chi connectivity index (χ1v) is 7.60. The summed E-state index contributed by atoms with van der Waals surface area (Å²) in [7, 11) is 0. The van der Waals surface area contributed by atoms with E-state index in [1.165, 1.54) is 25.7 Å². The molecule has 0 aliphatic heterocycles. The van der Waals surface area contributed by atoms with Gasteiger partial charge in [0.2, 0.25) is 5.95 Å². The molecule has 0 radical (unpaired) electrons. The van der Waals surface area contributed by atoms with Gasteiger partial charge in [0.15, 0.2) is 5.11 Å². The number of thiocarbonyl (C=S) groups is 1. The molecular formula is C14H23N5S. The highest BCUT2D eigenvalue weighted by molar-refractivity contribution is 7.80. The second-order valence-electron chi connectivity index (χ2n) is 5.57. The lowest BCUT2D eigenvalue weighted by Crippen LogP contribution is -2.47. The van der Waals surface area contributed by atoms with Crippen LogP contribution in [0.5, 0.6) is 0 Å². The van der Waals surface area contributed by atoms with Gasteiger partial charge in [0.1, 0.15) is 0 Å². The Bertz CT molecular complexity index is 456. The van der Waals surface area contributed by atoms with Crippen molar-refractivity contribution in [3.63, 3.8) is 0 Å². The maximum Gasteiger partial charge on any atom is 0.242 e. The van der Waals surface area contributed by atoms with Crippen LogP contribution in [0.4, 0.5) is 5.95 Å². The van der Waals surface area contributed by atoms with E-state index in [1.54, 1.807) is 0 Å². The molecule has 3 N–H and O–H groups in total. The van der Waals surface area contributed by atoms with E-state index in [2.05, 4.69) is 33.1 Å². The summed E-state index contributed by atoms with van der Waals surface area (Å²) in [5.41, 5.74) is 7.79. The van der Waals surface area contributed by atoms with E-state index >= 15 is 0 Å². The molecular weight excluding hydrogens is 270 g/mol. The molecule has 6 heteroatoms. The quantitative estimate of drug-likeness (QED) is 0.588. The topological polar surface area (TPSA) is 61.9 Å². The Hall–Kier alpha value is -1.43. The van der Waals surface area contributed by atoms with Crippen LogP contribution in [-0.4, -0.2) is 21.1 Å². The number of nitrogens with zero attached hydrogens (tertiary/aromatic N) is 2. The van der Waals surface area contributed by atoms with Gasteiger partial charge in [-0.1, -0.05) is 19.8 Å². The minimum Gasteiger partial charge on any atom is -0.358 e. The van der Waals surface area contributed by atoms with Crippen LogP contribution in [0.2, 0.25) is 0 Å². The van der Waals surface area contributed by atoms with E-state index in [0.717, 1.165) is 11.4 Å². The molecule has 2 atom stereocenters.